The largest absolute Gasteiger partial charge is 0.444 e. The summed E-state index contributed by atoms with van der Waals surface area (Å²) in [6.07, 6.45) is -1.39. The number of hydrogen-bond donors (Lipinski definition) is 5. The van der Waals surface area contributed by atoms with Crippen LogP contribution in [0.5, 0.6) is 0 Å². The molecule has 348 valence electrons. The molecule has 4 rings (SSSR count). The first-order valence-electron chi connectivity index (χ1n) is 20.8. The average molecular weight is 897 g/mol. The van der Waals surface area contributed by atoms with E-state index in [-0.39, 0.29) is 24.4 Å². The third kappa shape index (κ3) is 18.2. The molecule has 1 aliphatic rings. The SMILES string of the molecule is CC(C)(C)OC(=O)/N=C(/NC(=O)OC(C)(C)C)N1CC=C(c2ccc(NC(=O)c3ccc(C(=O)Nc4ccc(CN/C(=N\C(=O)OC(C)(C)C)NC(=O)OC(C)(C)C)cc4)cc3)cc2)C1. The van der Waals surface area contributed by atoms with Crippen molar-refractivity contribution in [3.8, 4) is 0 Å². The van der Waals surface area contributed by atoms with E-state index < -0.39 is 52.7 Å². The van der Waals surface area contributed by atoms with Gasteiger partial charge in [-0.1, -0.05) is 30.3 Å². The summed E-state index contributed by atoms with van der Waals surface area (Å²) in [6.45, 7) is 21.3. The van der Waals surface area contributed by atoms with Gasteiger partial charge in [0.25, 0.3) is 11.8 Å². The van der Waals surface area contributed by atoms with Gasteiger partial charge in [-0.15, -0.1) is 9.98 Å². The Hall–Kier alpha value is -7.24. The number of aliphatic imine (C=N–C) groups is 2. The summed E-state index contributed by atoms with van der Waals surface area (Å²) in [5.41, 5.74) is 1.07. The number of anilines is 2. The molecule has 0 aromatic heterocycles. The van der Waals surface area contributed by atoms with Gasteiger partial charge in [0.15, 0.2) is 0 Å². The molecule has 3 aromatic carbocycles. The second-order valence-corrected chi connectivity index (χ2v) is 18.8. The number of nitrogens with one attached hydrogen (secondary N) is 5. The number of carbonyl (C=O) groups excluding carboxylic acids is 6. The highest BCUT2D eigenvalue weighted by Gasteiger charge is 2.26. The number of amides is 6. The smallest absolute Gasteiger partial charge is 0.437 e. The summed E-state index contributed by atoms with van der Waals surface area (Å²) in [5.74, 6) is -0.945. The molecule has 0 radical (unpaired) electrons. The zero-order chi connectivity index (χ0) is 48.3. The Balaban J connectivity index is 1.32. The number of ether oxygens (including phenoxy) is 4. The topological polar surface area (TPSA) is 227 Å². The first-order valence-corrected chi connectivity index (χ1v) is 20.8. The molecule has 18 nitrogen and oxygen atoms in total. The summed E-state index contributed by atoms with van der Waals surface area (Å²) in [6, 6.07) is 20.3. The van der Waals surface area contributed by atoms with Gasteiger partial charge >= 0.3 is 24.4 Å². The Morgan fingerprint density at radius 2 is 0.985 bits per heavy atom. The molecule has 0 saturated carbocycles. The van der Waals surface area contributed by atoms with Gasteiger partial charge in [-0.25, -0.2) is 19.2 Å². The van der Waals surface area contributed by atoms with Gasteiger partial charge in [0.2, 0.25) is 11.9 Å². The van der Waals surface area contributed by atoms with Crippen molar-refractivity contribution >= 4 is 65.1 Å². The highest BCUT2D eigenvalue weighted by molar-refractivity contribution is 6.07. The molecular formula is C47H60N8O10. The van der Waals surface area contributed by atoms with Crippen LogP contribution in [0.2, 0.25) is 0 Å². The first-order chi connectivity index (χ1) is 30.1. The van der Waals surface area contributed by atoms with Gasteiger partial charge < -0.3 is 39.8 Å². The van der Waals surface area contributed by atoms with Crippen LogP contribution >= 0.6 is 0 Å². The van der Waals surface area contributed by atoms with Crippen LogP contribution in [0.15, 0.2) is 88.9 Å². The minimum absolute atomic E-state index is 0.0110. The summed E-state index contributed by atoms with van der Waals surface area (Å²) in [7, 11) is 0. The lowest BCUT2D eigenvalue weighted by Crippen LogP contribution is -2.45. The number of nitrogens with zero attached hydrogens (tertiary/aromatic N) is 3. The maximum atomic E-state index is 13.1. The maximum Gasteiger partial charge on any atom is 0.437 e. The molecule has 0 saturated heterocycles. The molecule has 0 spiro atoms. The number of hydrogen-bond acceptors (Lipinski definition) is 10. The van der Waals surface area contributed by atoms with Crippen molar-refractivity contribution in [2.24, 2.45) is 9.98 Å². The van der Waals surface area contributed by atoms with Crippen molar-refractivity contribution < 1.29 is 47.7 Å². The van der Waals surface area contributed by atoms with Gasteiger partial charge in [0, 0.05) is 42.1 Å². The van der Waals surface area contributed by atoms with E-state index in [0.717, 1.165) is 16.7 Å². The standard InChI is InChI=1S/C47H60N8O10/c1-44(2,3)62-40(58)51-38(52-41(59)63-45(4,5)6)48-27-29-13-21-34(22-14-29)49-36(56)31-15-17-32(18-16-31)37(57)50-35-23-19-30(20-24-35)33-25-26-55(28-33)39(53-42(60)64-46(7,8)9)54-43(61)65-47(10,11)12/h13-25H,26-28H2,1-12H3,(H,49,56)(H,50,57)(H,53,54,60,61)(H2,48,51,52,58,59). The highest BCUT2D eigenvalue weighted by atomic mass is 16.6. The van der Waals surface area contributed by atoms with E-state index in [0.29, 0.717) is 35.6 Å². The zero-order valence-electron chi connectivity index (χ0n) is 39.1. The van der Waals surface area contributed by atoms with Gasteiger partial charge in [0.1, 0.15) is 22.4 Å². The fourth-order valence-corrected chi connectivity index (χ4v) is 5.60. The second-order valence-electron chi connectivity index (χ2n) is 18.8. The van der Waals surface area contributed by atoms with E-state index in [2.05, 4.69) is 36.6 Å². The van der Waals surface area contributed by atoms with E-state index in [1.807, 2.05) is 18.2 Å². The van der Waals surface area contributed by atoms with E-state index >= 15 is 0 Å². The summed E-state index contributed by atoms with van der Waals surface area (Å²) in [4.78, 5) is 85.8. The van der Waals surface area contributed by atoms with Crippen LogP contribution in [-0.4, -0.2) is 88.5 Å². The molecule has 65 heavy (non-hydrogen) atoms. The van der Waals surface area contributed by atoms with Gasteiger partial charge in [0.05, 0.1) is 0 Å². The fraction of sp³-hybridized carbons (Fsp3) is 0.404. The van der Waals surface area contributed by atoms with Crippen molar-refractivity contribution in [3.63, 3.8) is 0 Å². The van der Waals surface area contributed by atoms with Crippen molar-refractivity contribution in [1.29, 1.82) is 0 Å². The van der Waals surface area contributed by atoms with Crippen molar-refractivity contribution in [3.05, 3.63) is 101 Å². The Morgan fingerprint density at radius 3 is 1.45 bits per heavy atom. The van der Waals surface area contributed by atoms with E-state index in [4.69, 9.17) is 18.9 Å². The Bertz CT molecular complexity index is 2310. The van der Waals surface area contributed by atoms with E-state index in [1.165, 1.54) is 0 Å². The monoisotopic (exact) mass is 896 g/mol. The molecule has 0 atom stereocenters. The lowest BCUT2D eigenvalue weighted by Gasteiger charge is -2.24. The van der Waals surface area contributed by atoms with Crippen LogP contribution in [0, 0.1) is 0 Å². The predicted octanol–water partition coefficient (Wildman–Crippen LogP) is 8.61. The minimum atomic E-state index is -0.903. The Kier molecular flexibility index (Phi) is 16.3. The van der Waals surface area contributed by atoms with Crippen molar-refractivity contribution in [1.82, 2.24) is 20.9 Å². The Morgan fingerprint density at radius 1 is 0.554 bits per heavy atom. The number of alkyl carbamates (subject to hydrolysis) is 2. The lowest BCUT2D eigenvalue weighted by atomic mass is 10.1. The third-order valence-corrected chi connectivity index (χ3v) is 8.23. The van der Waals surface area contributed by atoms with Crippen LogP contribution in [0.25, 0.3) is 5.57 Å². The molecule has 0 aliphatic carbocycles. The molecule has 5 N–H and O–H groups in total. The summed E-state index contributed by atoms with van der Waals surface area (Å²) >= 11 is 0. The van der Waals surface area contributed by atoms with Gasteiger partial charge in [-0.05, 0) is 148 Å². The van der Waals surface area contributed by atoms with Crippen LogP contribution in [0.1, 0.15) is 115 Å². The van der Waals surface area contributed by atoms with Crippen LogP contribution < -0.4 is 26.6 Å². The molecule has 18 heteroatoms. The molecule has 1 aliphatic heterocycles. The van der Waals surface area contributed by atoms with Crippen LogP contribution in [0.3, 0.4) is 0 Å². The number of carbonyl (C=O) groups is 6. The summed E-state index contributed by atoms with van der Waals surface area (Å²) in [5, 5.41) is 13.6. The van der Waals surface area contributed by atoms with E-state index in [9.17, 15) is 28.8 Å². The van der Waals surface area contributed by atoms with Crippen molar-refractivity contribution in [2.75, 3.05) is 23.7 Å². The third-order valence-electron chi connectivity index (χ3n) is 8.23. The molecule has 0 bridgehead atoms. The highest BCUT2D eigenvalue weighted by Crippen LogP contribution is 2.24. The number of guanidine groups is 2. The zero-order valence-corrected chi connectivity index (χ0v) is 39.1. The summed E-state index contributed by atoms with van der Waals surface area (Å²) < 4.78 is 21.3. The molecule has 0 unspecified atom stereocenters. The normalized spacial score (nSPS) is 13.5. The molecular weight excluding hydrogens is 837 g/mol. The van der Waals surface area contributed by atoms with Gasteiger partial charge in [-0.3, -0.25) is 20.2 Å². The minimum Gasteiger partial charge on any atom is -0.444 e. The van der Waals surface area contributed by atoms with Crippen LogP contribution in [0.4, 0.5) is 30.6 Å². The average Bonchev–Trinajstić information content (AvgIpc) is 3.65. The fourth-order valence-electron chi connectivity index (χ4n) is 5.60. The molecule has 3 aromatic rings. The second kappa shape index (κ2) is 21.0. The lowest BCUT2D eigenvalue weighted by molar-refractivity contribution is 0.0539. The molecule has 1 heterocycles. The number of benzene rings is 3. The molecule has 0 fully saturated rings. The van der Waals surface area contributed by atoms with Crippen molar-refractivity contribution in [2.45, 2.75) is 112 Å². The van der Waals surface area contributed by atoms with Crippen LogP contribution in [-0.2, 0) is 25.5 Å². The quantitative estimate of drug-likeness (QED) is 0.0853. The predicted molar refractivity (Wildman–Crippen MR) is 248 cm³/mol. The first kappa shape index (κ1) is 50.4. The Labute approximate surface area is 379 Å². The van der Waals surface area contributed by atoms with Gasteiger partial charge in [-0.2, -0.15) is 0 Å². The molecule has 6 amide bonds. The number of rotatable bonds is 7. The maximum absolute atomic E-state index is 13.1. The van der Waals surface area contributed by atoms with E-state index in [1.54, 1.807) is 149 Å².